The lowest BCUT2D eigenvalue weighted by Crippen LogP contribution is -2.42. The molecule has 4 N–H and O–H groups in total. The summed E-state index contributed by atoms with van der Waals surface area (Å²) in [5.74, 6) is 4.43. The Balaban J connectivity index is 2.47. The first-order valence-electron chi connectivity index (χ1n) is 3.94. The normalized spacial score (nSPS) is 31.5. The van der Waals surface area contributed by atoms with Gasteiger partial charge in [-0.3, -0.25) is 10.2 Å². The maximum absolute atomic E-state index is 11.0. The van der Waals surface area contributed by atoms with Gasteiger partial charge in [-0.15, -0.1) is 0 Å². The molecule has 4 nitrogen and oxygen atoms in total. The monoisotopic (exact) mass is 158 g/mol. The van der Waals surface area contributed by atoms with Crippen molar-refractivity contribution in [3.8, 4) is 0 Å². The zero-order chi connectivity index (χ0) is 8.27. The number of nitrogens with one attached hydrogen (secondary N) is 1. The first-order valence-corrected chi connectivity index (χ1v) is 3.94. The number of aliphatic hydroxyl groups excluding tert-OH is 1. The lowest BCUT2D eigenvalue weighted by molar-refractivity contribution is -0.130. The Morgan fingerprint density at radius 1 is 1.45 bits per heavy atom. The van der Waals surface area contributed by atoms with Crippen molar-refractivity contribution in [3.05, 3.63) is 0 Å². The molecule has 0 aromatic rings. The van der Waals surface area contributed by atoms with Gasteiger partial charge in [-0.1, -0.05) is 12.8 Å². The zero-order valence-electron chi connectivity index (χ0n) is 6.42. The quantitative estimate of drug-likeness (QED) is 0.274. The largest absolute Gasteiger partial charge is 0.392 e. The molecule has 1 amide bonds. The summed E-state index contributed by atoms with van der Waals surface area (Å²) >= 11 is 0. The van der Waals surface area contributed by atoms with E-state index in [1.165, 1.54) is 0 Å². The Hall–Kier alpha value is -0.610. The number of nitrogens with two attached hydrogens (primary N) is 1. The highest BCUT2D eigenvalue weighted by Crippen LogP contribution is 2.23. The molecule has 0 saturated heterocycles. The molecule has 64 valence electrons. The molecule has 4 heteroatoms. The van der Waals surface area contributed by atoms with Gasteiger partial charge in [0.2, 0.25) is 5.91 Å². The second kappa shape index (κ2) is 3.69. The summed E-state index contributed by atoms with van der Waals surface area (Å²) in [4.78, 5) is 11.0. The summed E-state index contributed by atoms with van der Waals surface area (Å²) in [5.41, 5.74) is 2.07. The first kappa shape index (κ1) is 8.49. The lowest BCUT2D eigenvalue weighted by Gasteiger charge is -2.25. The van der Waals surface area contributed by atoms with Crippen LogP contribution >= 0.6 is 0 Å². The highest BCUT2D eigenvalue weighted by Gasteiger charge is 2.28. The standard InChI is InChI=1S/C7H14N2O2/c8-9-7(11)5-3-1-2-4-6(5)10/h5-6,10H,1-4,8H2,(H,9,11)/t5-,6?/m1/s1. The van der Waals surface area contributed by atoms with Crippen molar-refractivity contribution in [3.63, 3.8) is 0 Å². The molecule has 0 aromatic carbocycles. The predicted octanol–water partition coefficient (Wildman–Crippen LogP) is -0.473. The Labute approximate surface area is 65.7 Å². The molecule has 1 saturated carbocycles. The number of hydrazine groups is 1. The first-order chi connectivity index (χ1) is 5.25. The van der Waals surface area contributed by atoms with Crippen LogP contribution in [0.5, 0.6) is 0 Å². The summed E-state index contributed by atoms with van der Waals surface area (Å²) in [6, 6.07) is 0. The van der Waals surface area contributed by atoms with Crippen molar-refractivity contribution in [1.29, 1.82) is 0 Å². The molecule has 1 fully saturated rings. The molecule has 1 rings (SSSR count). The van der Waals surface area contributed by atoms with Crippen LogP contribution in [0.2, 0.25) is 0 Å². The smallest absolute Gasteiger partial charge is 0.239 e. The van der Waals surface area contributed by atoms with Gasteiger partial charge in [-0.25, -0.2) is 5.84 Å². The highest BCUT2D eigenvalue weighted by molar-refractivity contribution is 5.78. The molecule has 0 radical (unpaired) electrons. The van der Waals surface area contributed by atoms with Crippen molar-refractivity contribution in [2.45, 2.75) is 31.8 Å². The third kappa shape index (κ3) is 1.91. The summed E-state index contributed by atoms with van der Waals surface area (Å²) in [6.07, 6.45) is 3.00. The maximum Gasteiger partial charge on any atom is 0.239 e. The number of amides is 1. The van der Waals surface area contributed by atoms with Gasteiger partial charge in [-0.2, -0.15) is 0 Å². The summed E-state index contributed by atoms with van der Waals surface area (Å²) in [6.45, 7) is 0. The maximum atomic E-state index is 11.0. The molecule has 0 aromatic heterocycles. The molecular formula is C7H14N2O2. The second-order valence-corrected chi connectivity index (χ2v) is 2.97. The third-order valence-electron chi connectivity index (χ3n) is 2.21. The Bertz CT molecular complexity index is 149. The van der Waals surface area contributed by atoms with E-state index in [1.807, 2.05) is 0 Å². The van der Waals surface area contributed by atoms with E-state index in [0.717, 1.165) is 25.7 Å². The van der Waals surface area contributed by atoms with E-state index in [1.54, 1.807) is 0 Å². The molecule has 11 heavy (non-hydrogen) atoms. The SMILES string of the molecule is NNC(=O)[C@@H]1CCCCC1O. The van der Waals surface area contributed by atoms with Gasteiger partial charge in [0.1, 0.15) is 0 Å². The van der Waals surface area contributed by atoms with Crippen LogP contribution in [0.4, 0.5) is 0 Å². The highest BCUT2D eigenvalue weighted by atomic mass is 16.3. The van der Waals surface area contributed by atoms with Crippen LogP contribution in [0.25, 0.3) is 0 Å². The molecule has 0 bridgehead atoms. The van der Waals surface area contributed by atoms with Crippen molar-refractivity contribution in [2.75, 3.05) is 0 Å². The molecular weight excluding hydrogens is 144 g/mol. The number of hydrogen-bond acceptors (Lipinski definition) is 3. The van der Waals surface area contributed by atoms with Crippen LogP contribution in [-0.4, -0.2) is 17.1 Å². The minimum atomic E-state index is -0.493. The second-order valence-electron chi connectivity index (χ2n) is 2.97. The van der Waals surface area contributed by atoms with Gasteiger partial charge in [0.15, 0.2) is 0 Å². The summed E-state index contributed by atoms with van der Waals surface area (Å²) < 4.78 is 0. The predicted molar refractivity (Wildman–Crippen MR) is 40.3 cm³/mol. The summed E-state index contributed by atoms with van der Waals surface area (Å²) in [5, 5.41) is 9.35. The Morgan fingerprint density at radius 2 is 2.09 bits per heavy atom. The molecule has 1 aliphatic rings. The number of rotatable bonds is 1. The van der Waals surface area contributed by atoms with E-state index < -0.39 is 6.10 Å². The Kier molecular flexibility index (Phi) is 2.84. The molecule has 2 atom stereocenters. The molecule has 0 heterocycles. The average molecular weight is 158 g/mol. The van der Waals surface area contributed by atoms with Gasteiger partial charge in [0.25, 0.3) is 0 Å². The van der Waals surface area contributed by atoms with E-state index in [0.29, 0.717) is 0 Å². The van der Waals surface area contributed by atoms with E-state index in [4.69, 9.17) is 5.84 Å². The fourth-order valence-electron chi connectivity index (χ4n) is 1.52. The molecule has 1 aliphatic carbocycles. The number of aliphatic hydroxyl groups is 1. The number of hydrogen-bond donors (Lipinski definition) is 3. The van der Waals surface area contributed by atoms with Crippen molar-refractivity contribution >= 4 is 5.91 Å². The molecule has 1 unspecified atom stereocenters. The summed E-state index contributed by atoms with van der Waals surface area (Å²) in [7, 11) is 0. The third-order valence-corrected chi connectivity index (χ3v) is 2.21. The lowest BCUT2D eigenvalue weighted by atomic mass is 9.86. The molecule has 0 spiro atoms. The number of carbonyl (C=O) groups excluding carboxylic acids is 1. The van der Waals surface area contributed by atoms with Crippen LogP contribution in [0.3, 0.4) is 0 Å². The Morgan fingerprint density at radius 3 is 2.64 bits per heavy atom. The van der Waals surface area contributed by atoms with Crippen LogP contribution < -0.4 is 11.3 Å². The minimum absolute atomic E-state index is 0.239. The van der Waals surface area contributed by atoms with Crippen molar-refractivity contribution in [1.82, 2.24) is 5.43 Å². The zero-order valence-corrected chi connectivity index (χ0v) is 6.42. The van der Waals surface area contributed by atoms with Gasteiger partial charge in [0, 0.05) is 0 Å². The van der Waals surface area contributed by atoms with Gasteiger partial charge < -0.3 is 5.11 Å². The van der Waals surface area contributed by atoms with E-state index >= 15 is 0 Å². The average Bonchev–Trinajstić information content (AvgIpc) is 2.04. The van der Waals surface area contributed by atoms with Gasteiger partial charge in [-0.05, 0) is 12.8 Å². The number of carbonyl (C=O) groups is 1. The fourth-order valence-corrected chi connectivity index (χ4v) is 1.52. The fraction of sp³-hybridized carbons (Fsp3) is 0.857. The van der Waals surface area contributed by atoms with Crippen LogP contribution in [-0.2, 0) is 4.79 Å². The van der Waals surface area contributed by atoms with Crippen molar-refractivity contribution in [2.24, 2.45) is 11.8 Å². The van der Waals surface area contributed by atoms with E-state index in [2.05, 4.69) is 5.43 Å². The van der Waals surface area contributed by atoms with Crippen LogP contribution in [0, 0.1) is 5.92 Å². The van der Waals surface area contributed by atoms with E-state index in [9.17, 15) is 9.90 Å². The van der Waals surface area contributed by atoms with E-state index in [-0.39, 0.29) is 11.8 Å². The van der Waals surface area contributed by atoms with Crippen LogP contribution in [0.1, 0.15) is 25.7 Å². The molecule has 0 aliphatic heterocycles. The van der Waals surface area contributed by atoms with Gasteiger partial charge in [0.05, 0.1) is 12.0 Å². The van der Waals surface area contributed by atoms with Crippen molar-refractivity contribution < 1.29 is 9.90 Å². The topological polar surface area (TPSA) is 75.3 Å². The van der Waals surface area contributed by atoms with Crippen LogP contribution in [0.15, 0.2) is 0 Å². The van der Waals surface area contributed by atoms with Gasteiger partial charge >= 0.3 is 0 Å². The minimum Gasteiger partial charge on any atom is -0.392 e.